The molecule has 0 saturated carbocycles. The van der Waals surface area contributed by atoms with Crippen molar-refractivity contribution >= 4 is 23.4 Å². The zero-order chi connectivity index (χ0) is 15.3. The van der Waals surface area contributed by atoms with E-state index < -0.39 is 33.7 Å². The summed E-state index contributed by atoms with van der Waals surface area (Å²) in [5.41, 5.74) is -1.84. The zero-order valence-corrected chi connectivity index (χ0v) is 11.8. The van der Waals surface area contributed by atoms with Crippen LogP contribution in [-0.2, 0) is 0 Å². The molecule has 0 radical (unpaired) electrons. The molecule has 8 heteroatoms. The molecule has 0 aliphatic heterocycles. The minimum absolute atomic E-state index is 0.124. The van der Waals surface area contributed by atoms with Crippen LogP contribution >= 0.6 is 11.8 Å². The van der Waals surface area contributed by atoms with E-state index >= 15 is 0 Å². The number of hydrogen-bond acceptors (Lipinski definition) is 4. The number of thioether (sulfide) groups is 1. The molecule has 0 spiro atoms. The van der Waals surface area contributed by atoms with E-state index in [4.69, 9.17) is 0 Å². The third-order valence-electron chi connectivity index (χ3n) is 2.56. The van der Waals surface area contributed by atoms with Crippen molar-refractivity contribution in [2.45, 2.75) is 6.92 Å². The van der Waals surface area contributed by atoms with Gasteiger partial charge in [-0.05, 0) is 24.0 Å². The number of nitrogens with zero attached hydrogens (tertiary/aromatic N) is 1. The standard InChI is InChI=1S/C12H14F2N2O3S/c1-7(6-20-2)5-15-12(17)10-8(13)3-4-9(11(10)14)16(18)19/h3-4,7H,5-6H2,1-2H3,(H,15,17). The van der Waals surface area contributed by atoms with E-state index in [1.807, 2.05) is 13.2 Å². The predicted octanol–water partition coefficient (Wildman–Crippen LogP) is 2.60. The predicted molar refractivity (Wildman–Crippen MR) is 72.9 cm³/mol. The molecule has 1 unspecified atom stereocenters. The maximum absolute atomic E-state index is 13.8. The first-order valence-corrected chi connectivity index (χ1v) is 7.17. The van der Waals surface area contributed by atoms with Crippen LogP contribution in [0.15, 0.2) is 12.1 Å². The van der Waals surface area contributed by atoms with Crippen LogP contribution in [0, 0.1) is 27.7 Å². The molecule has 5 nitrogen and oxygen atoms in total. The number of benzene rings is 1. The SMILES string of the molecule is CSCC(C)CNC(=O)c1c(F)ccc([N+](=O)[O-])c1F. The molecule has 20 heavy (non-hydrogen) atoms. The lowest BCUT2D eigenvalue weighted by molar-refractivity contribution is -0.387. The summed E-state index contributed by atoms with van der Waals surface area (Å²) in [7, 11) is 0. The summed E-state index contributed by atoms with van der Waals surface area (Å²) in [4.78, 5) is 21.3. The quantitative estimate of drug-likeness (QED) is 0.647. The Hall–Kier alpha value is -1.70. The molecule has 1 aromatic rings. The van der Waals surface area contributed by atoms with Gasteiger partial charge in [0, 0.05) is 12.6 Å². The van der Waals surface area contributed by atoms with Gasteiger partial charge >= 0.3 is 5.69 Å². The van der Waals surface area contributed by atoms with Crippen molar-refractivity contribution in [2.75, 3.05) is 18.6 Å². The number of halogens is 2. The molecular formula is C12H14F2N2O3S. The van der Waals surface area contributed by atoms with Gasteiger partial charge in [0.05, 0.1) is 4.92 Å². The Morgan fingerprint density at radius 1 is 1.50 bits per heavy atom. The lowest BCUT2D eigenvalue weighted by Crippen LogP contribution is -2.30. The Morgan fingerprint density at radius 2 is 2.15 bits per heavy atom. The molecular weight excluding hydrogens is 290 g/mol. The van der Waals surface area contributed by atoms with Gasteiger partial charge < -0.3 is 5.32 Å². The highest BCUT2D eigenvalue weighted by atomic mass is 32.2. The molecule has 1 aromatic carbocycles. The van der Waals surface area contributed by atoms with Crippen molar-refractivity contribution in [3.05, 3.63) is 39.4 Å². The van der Waals surface area contributed by atoms with Crippen molar-refractivity contribution in [3.63, 3.8) is 0 Å². The second-order valence-electron chi connectivity index (χ2n) is 4.28. The number of amides is 1. The van der Waals surface area contributed by atoms with Gasteiger partial charge in [0.1, 0.15) is 11.4 Å². The van der Waals surface area contributed by atoms with Crippen LogP contribution in [0.5, 0.6) is 0 Å². The first kappa shape index (κ1) is 16.4. The minimum atomic E-state index is -1.45. The van der Waals surface area contributed by atoms with Crippen LogP contribution < -0.4 is 5.32 Å². The maximum Gasteiger partial charge on any atom is 0.305 e. The molecule has 0 saturated heterocycles. The number of nitrogens with one attached hydrogen (secondary N) is 1. The largest absolute Gasteiger partial charge is 0.352 e. The normalized spacial score (nSPS) is 12.0. The van der Waals surface area contributed by atoms with E-state index in [-0.39, 0.29) is 12.5 Å². The summed E-state index contributed by atoms with van der Waals surface area (Å²) < 4.78 is 27.2. The van der Waals surface area contributed by atoms with Crippen LogP contribution in [0.4, 0.5) is 14.5 Å². The number of carbonyl (C=O) groups is 1. The van der Waals surface area contributed by atoms with Crippen LogP contribution in [-0.4, -0.2) is 29.4 Å². The third kappa shape index (κ3) is 3.89. The number of nitro groups is 1. The van der Waals surface area contributed by atoms with Gasteiger partial charge in [-0.25, -0.2) is 4.39 Å². The Balaban J connectivity index is 2.92. The molecule has 0 aliphatic carbocycles. The minimum Gasteiger partial charge on any atom is -0.352 e. The number of nitro benzene ring substituents is 1. The van der Waals surface area contributed by atoms with Crippen molar-refractivity contribution in [2.24, 2.45) is 5.92 Å². The van der Waals surface area contributed by atoms with Crippen LogP contribution in [0.25, 0.3) is 0 Å². The molecule has 0 aliphatic rings. The second kappa shape index (κ2) is 7.18. The van der Waals surface area contributed by atoms with E-state index in [2.05, 4.69) is 5.32 Å². The zero-order valence-electron chi connectivity index (χ0n) is 11.0. The van der Waals surface area contributed by atoms with Gasteiger partial charge in [0.2, 0.25) is 5.82 Å². The number of carbonyl (C=O) groups excluding carboxylic acids is 1. The highest BCUT2D eigenvalue weighted by Crippen LogP contribution is 2.23. The maximum atomic E-state index is 13.8. The van der Waals surface area contributed by atoms with Crippen LogP contribution in [0.3, 0.4) is 0 Å². The fraction of sp³-hybridized carbons (Fsp3) is 0.417. The lowest BCUT2D eigenvalue weighted by Gasteiger charge is -2.12. The molecule has 1 rings (SSSR count). The summed E-state index contributed by atoms with van der Waals surface area (Å²) >= 11 is 1.58. The van der Waals surface area contributed by atoms with Crippen LogP contribution in [0.2, 0.25) is 0 Å². The summed E-state index contributed by atoms with van der Waals surface area (Å²) in [6, 6.07) is 1.40. The Morgan fingerprint density at radius 3 is 2.70 bits per heavy atom. The number of hydrogen-bond donors (Lipinski definition) is 1. The number of rotatable bonds is 6. The third-order valence-corrected chi connectivity index (χ3v) is 3.46. The van der Waals surface area contributed by atoms with Crippen molar-refractivity contribution in [1.29, 1.82) is 0 Å². The smallest absolute Gasteiger partial charge is 0.305 e. The van der Waals surface area contributed by atoms with Crippen molar-refractivity contribution in [1.82, 2.24) is 5.32 Å². The summed E-state index contributed by atoms with van der Waals surface area (Å²) in [6.07, 6.45) is 1.90. The van der Waals surface area contributed by atoms with Crippen molar-refractivity contribution < 1.29 is 18.5 Å². The van der Waals surface area contributed by atoms with E-state index in [9.17, 15) is 23.7 Å². The molecule has 0 fully saturated rings. The van der Waals surface area contributed by atoms with Crippen LogP contribution in [0.1, 0.15) is 17.3 Å². The van der Waals surface area contributed by atoms with E-state index in [1.54, 1.807) is 11.8 Å². The van der Waals surface area contributed by atoms with Gasteiger partial charge in [-0.1, -0.05) is 6.92 Å². The Labute approximate surface area is 118 Å². The van der Waals surface area contributed by atoms with Gasteiger partial charge in [-0.15, -0.1) is 0 Å². The van der Waals surface area contributed by atoms with E-state index in [1.165, 1.54) is 0 Å². The second-order valence-corrected chi connectivity index (χ2v) is 5.19. The van der Waals surface area contributed by atoms with Gasteiger partial charge in [-0.3, -0.25) is 14.9 Å². The molecule has 110 valence electrons. The Bertz CT molecular complexity index is 526. The molecule has 1 atom stereocenters. The lowest BCUT2D eigenvalue weighted by atomic mass is 10.1. The highest BCUT2D eigenvalue weighted by molar-refractivity contribution is 7.98. The molecule has 0 heterocycles. The first-order chi connectivity index (χ1) is 9.38. The summed E-state index contributed by atoms with van der Waals surface area (Å²) in [5.74, 6) is -2.66. The molecule has 0 bridgehead atoms. The van der Waals surface area contributed by atoms with E-state index in [0.717, 1.165) is 5.75 Å². The Kier molecular flexibility index (Phi) is 5.87. The summed E-state index contributed by atoms with van der Waals surface area (Å²) in [6.45, 7) is 2.11. The highest BCUT2D eigenvalue weighted by Gasteiger charge is 2.26. The monoisotopic (exact) mass is 304 g/mol. The average molecular weight is 304 g/mol. The van der Waals surface area contributed by atoms with Crippen molar-refractivity contribution in [3.8, 4) is 0 Å². The van der Waals surface area contributed by atoms with Gasteiger partial charge in [0.25, 0.3) is 5.91 Å². The topological polar surface area (TPSA) is 72.2 Å². The first-order valence-electron chi connectivity index (χ1n) is 5.78. The molecule has 1 amide bonds. The van der Waals surface area contributed by atoms with Gasteiger partial charge in [0.15, 0.2) is 0 Å². The fourth-order valence-corrected chi connectivity index (χ4v) is 2.28. The fourth-order valence-electron chi connectivity index (χ4n) is 1.59. The van der Waals surface area contributed by atoms with E-state index in [0.29, 0.717) is 12.1 Å². The molecule has 0 aromatic heterocycles. The molecule has 1 N–H and O–H groups in total. The average Bonchev–Trinajstić information content (AvgIpc) is 2.36. The van der Waals surface area contributed by atoms with Gasteiger partial charge in [-0.2, -0.15) is 16.2 Å². The summed E-state index contributed by atoms with van der Waals surface area (Å²) in [5, 5.41) is 12.9.